The van der Waals surface area contributed by atoms with E-state index in [9.17, 15) is 8.42 Å². The van der Waals surface area contributed by atoms with Gasteiger partial charge in [-0.1, -0.05) is 25.2 Å². The van der Waals surface area contributed by atoms with Gasteiger partial charge in [0.1, 0.15) is 4.90 Å². The Bertz CT molecular complexity index is 640. The molecule has 0 aromatic carbocycles. The van der Waals surface area contributed by atoms with Crippen LogP contribution in [0.5, 0.6) is 0 Å². The first-order valence-corrected chi connectivity index (χ1v) is 8.07. The summed E-state index contributed by atoms with van der Waals surface area (Å²) < 4.78 is 27.1. The molecule has 2 rings (SSSR count). The van der Waals surface area contributed by atoms with Crippen molar-refractivity contribution in [2.75, 3.05) is 13.1 Å². The molecule has 3 N–H and O–H groups in total. The fraction of sp³-hybridized carbons (Fsp3) is 0.500. The van der Waals surface area contributed by atoms with Gasteiger partial charge in [-0.3, -0.25) is 4.98 Å². The fourth-order valence-electron chi connectivity index (χ4n) is 2.10. The largest absolute Gasteiger partial charge is 0.320 e. The van der Waals surface area contributed by atoms with Gasteiger partial charge in [0, 0.05) is 24.5 Å². The highest BCUT2D eigenvalue weighted by atomic mass is 32.2. The van der Waals surface area contributed by atoms with Crippen molar-refractivity contribution in [1.29, 1.82) is 0 Å². The Balaban J connectivity index is 2.12. The molecule has 20 heavy (non-hydrogen) atoms. The normalized spacial score (nSPS) is 16.9. The molecular weight excluding hydrogens is 274 g/mol. The van der Waals surface area contributed by atoms with Crippen molar-refractivity contribution < 1.29 is 8.42 Å². The maximum Gasteiger partial charge on any atom is 0.242 e. The van der Waals surface area contributed by atoms with Crippen molar-refractivity contribution >= 4 is 10.0 Å². The molecule has 1 aliphatic carbocycles. The Labute approximate surface area is 120 Å². The second kappa shape index (κ2) is 5.92. The summed E-state index contributed by atoms with van der Waals surface area (Å²) in [5, 5.41) is 0. The SMILES string of the molecule is CC1(CNS(=O)(=O)c2cncc(C#CCN)c2)CCC1. The minimum absolute atomic E-state index is 0.0947. The Kier molecular flexibility index (Phi) is 4.43. The standard InChI is InChI=1S/C14H19N3O2S/c1-14(5-3-6-14)11-17-20(18,19)13-8-12(4-2-7-15)9-16-10-13/h8-10,17H,3,5-7,11,15H2,1H3. The topological polar surface area (TPSA) is 85.1 Å². The predicted octanol–water partition coefficient (Wildman–Crippen LogP) is 0.860. The van der Waals surface area contributed by atoms with Crippen LogP contribution in [0.2, 0.25) is 0 Å². The summed E-state index contributed by atoms with van der Waals surface area (Å²) in [5.74, 6) is 5.46. The second-order valence-electron chi connectivity index (χ2n) is 5.40. The molecule has 1 heterocycles. The van der Waals surface area contributed by atoms with Crippen LogP contribution < -0.4 is 10.5 Å². The molecule has 6 heteroatoms. The number of hydrogen-bond acceptors (Lipinski definition) is 4. The van der Waals surface area contributed by atoms with Crippen molar-refractivity contribution in [3.05, 3.63) is 24.0 Å². The van der Waals surface area contributed by atoms with Gasteiger partial charge in [-0.15, -0.1) is 0 Å². The average molecular weight is 293 g/mol. The quantitative estimate of drug-likeness (QED) is 0.806. The highest BCUT2D eigenvalue weighted by Gasteiger charge is 2.33. The first kappa shape index (κ1) is 15.0. The number of nitrogens with zero attached hydrogens (tertiary/aromatic N) is 1. The van der Waals surface area contributed by atoms with E-state index in [1.165, 1.54) is 24.9 Å². The molecule has 1 saturated carbocycles. The van der Waals surface area contributed by atoms with Crippen LogP contribution in [0, 0.1) is 17.3 Å². The van der Waals surface area contributed by atoms with E-state index in [1.54, 1.807) is 0 Å². The van der Waals surface area contributed by atoms with E-state index in [4.69, 9.17) is 5.73 Å². The van der Waals surface area contributed by atoms with Crippen molar-refractivity contribution in [2.45, 2.75) is 31.1 Å². The smallest absolute Gasteiger partial charge is 0.242 e. The third-order valence-electron chi connectivity index (χ3n) is 3.61. The number of rotatable bonds is 4. The lowest BCUT2D eigenvalue weighted by Crippen LogP contribution is -2.39. The van der Waals surface area contributed by atoms with E-state index in [0.29, 0.717) is 12.1 Å². The molecule has 1 aromatic rings. The molecule has 0 bridgehead atoms. The summed E-state index contributed by atoms with van der Waals surface area (Å²) in [6.45, 7) is 2.79. The van der Waals surface area contributed by atoms with Crippen molar-refractivity contribution in [2.24, 2.45) is 11.1 Å². The van der Waals surface area contributed by atoms with E-state index in [-0.39, 0.29) is 16.9 Å². The zero-order chi connectivity index (χ0) is 14.6. The summed E-state index contributed by atoms with van der Waals surface area (Å²) in [6, 6.07) is 1.51. The third kappa shape index (κ3) is 3.57. The molecule has 5 nitrogen and oxygen atoms in total. The molecule has 0 spiro atoms. The summed E-state index contributed by atoms with van der Waals surface area (Å²) >= 11 is 0. The average Bonchev–Trinajstić information content (AvgIpc) is 2.41. The Morgan fingerprint density at radius 2 is 2.20 bits per heavy atom. The van der Waals surface area contributed by atoms with E-state index in [2.05, 4.69) is 28.5 Å². The van der Waals surface area contributed by atoms with E-state index in [0.717, 1.165) is 12.8 Å². The minimum atomic E-state index is -3.53. The molecule has 1 fully saturated rings. The third-order valence-corrected chi connectivity index (χ3v) is 4.98. The molecule has 0 amide bonds. The van der Waals surface area contributed by atoms with Crippen LogP contribution in [0.25, 0.3) is 0 Å². The summed E-state index contributed by atoms with van der Waals surface area (Å²) in [7, 11) is -3.53. The zero-order valence-electron chi connectivity index (χ0n) is 11.5. The van der Waals surface area contributed by atoms with Gasteiger partial charge in [0.15, 0.2) is 0 Å². The molecule has 108 valence electrons. The van der Waals surface area contributed by atoms with Crippen LogP contribution in [0.3, 0.4) is 0 Å². The molecule has 0 radical (unpaired) electrons. The van der Waals surface area contributed by atoms with Crippen LogP contribution in [-0.4, -0.2) is 26.5 Å². The predicted molar refractivity (Wildman–Crippen MR) is 77.3 cm³/mol. The van der Waals surface area contributed by atoms with Crippen molar-refractivity contribution in [3.8, 4) is 11.8 Å². The minimum Gasteiger partial charge on any atom is -0.320 e. The highest BCUT2D eigenvalue weighted by Crippen LogP contribution is 2.39. The van der Waals surface area contributed by atoms with Crippen LogP contribution in [0.1, 0.15) is 31.7 Å². The first-order chi connectivity index (χ1) is 9.45. The number of pyridine rings is 1. The van der Waals surface area contributed by atoms with Gasteiger partial charge >= 0.3 is 0 Å². The fourth-order valence-corrected chi connectivity index (χ4v) is 3.28. The van der Waals surface area contributed by atoms with Gasteiger partial charge in [0.05, 0.1) is 6.54 Å². The summed E-state index contributed by atoms with van der Waals surface area (Å²) in [4.78, 5) is 4.06. The van der Waals surface area contributed by atoms with Crippen LogP contribution in [0.15, 0.2) is 23.4 Å². The van der Waals surface area contributed by atoms with Gasteiger partial charge in [-0.25, -0.2) is 13.1 Å². The lowest BCUT2D eigenvalue weighted by atomic mass is 9.71. The van der Waals surface area contributed by atoms with Crippen molar-refractivity contribution in [3.63, 3.8) is 0 Å². The molecule has 0 saturated heterocycles. The Morgan fingerprint density at radius 1 is 1.45 bits per heavy atom. The van der Waals surface area contributed by atoms with Gasteiger partial charge in [0.2, 0.25) is 10.0 Å². The Morgan fingerprint density at radius 3 is 2.80 bits per heavy atom. The van der Waals surface area contributed by atoms with E-state index >= 15 is 0 Å². The van der Waals surface area contributed by atoms with Gasteiger partial charge < -0.3 is 5.73 Å². The highest BCUT2D eigenvalue weighted by molar-refractivity contribution is 7.89. The number of nitrogens with one attached hydrogen (secondary N) is 1. The van der Waals surface area contributed by atoms with E-state index in [1.807, 2.05) is 0 Å². The summed E-state index contributed by atoms with van der Waals surface area (Å²) in [5.41, 5.74) is 5.94. The number of aromatic nitrogens is 1. The molecular formula is C14H19N3O2S. The zero-order valence-corrected chi connectivity index (χ0v) is 12.3. The van der Waals surface area contributed by atoms with Crippen LogP contribution in [-0.2, 0) is 10.0 Å². The first-order valence-electron chi connectivity index (χ1n) is 6.59. The van der Waals surface area contributed by atoms with Gasteiger partial charge in [-0.2, -0.15) is 0 Å². The molecule has 1 aromatic heterocycles. The monoisotopic (exact) mass is 293 g/mol. The lowest BCUT2D eigenvalue weighted by Gasteiger charge is -2.38. The number of hydrogen-bond donors (Lipinski definition) is 2. The van der Waals surface area contributed by atoms with Gasteiger partial charge in [0.25, 0.3) is 0 Å². The number of nitrogens with two attached hydrogens (primary N) is 1. The van der Waals surface area contributed by atoms with Crippen molar-refractivity contribution in [1.82, 2.24) is 9.71 Å². The van der Waals surface area contributed by atoms with Crippen LogP contribution in [0.4, 0.5) is 0 Å². The maximum absolute atomic E-state index is 12.2. The molecule has 0 aliphatic heterocycles. The molecule has 0 atom stereocenters. The molecule has 0 unspecified atom stereocenters. The molecule has 1 aliphatic rings. The lowest BCUT2D eigenvalue weighted by molar-refractivity contribution is 0.166. The van der Waals surface area contributed by atoms with Gasteiger partial charge in [-0.05, 0) is 24.3 Å². The van der Waals surface area contributed by atoms with Crippen LogP contribution >= 0.6 is 0 Å². The second-order valence-corrected chi connectivity index (χ2v) is 7.17. The summed E-state index contributed by atoms with van der Waals surface area (Å²) in [6.07, 6.45) is 6.16. The number of sulfonamides is 1. The Hall–Kier alpha value is -1.42. The maximum atomic E-state index is 12.2. The van der Waals surface area contributed by atoms with E-state index < -0.39 is 10.0 Å².